The van der Waals surface area contributed by atoms with Crippen LogP contribution in [0.2, 0.25) is 0 Å². The maximum atomic E-state index is 13.0. The first kappa shape index (κ1) is 18.2. The molecule has 132 valence electrons. The average Bonchev–Trinajstić information content (AvgIpc) is 2.78. The van der Waals surface area contributed by atoms with Crippen LogP contribution in [0.5, 0.6) is 0 Å². The molecular formula is C16H19F3N2O3. The fraction of sp³-hybridized carbons (Fsp3) is 0.562. The third-order valence-corrected chi connectivity index (χ3v) is 4.16. The van der Waals surface area contributed by atoms with E-state index in [2.05, 4.69) is 10.3 Å². The van der Waals surface area contributed by atoms with Crippen molar-refractivity contribution in [3.05, 3.63) is 29.6 Å². The van der Waals surface area contributed by atoms with Crippen LogP contribution in [0.25, 0.3) is 0 Å². The Balaban J connectivity index is 2.23. The van der Waals surface area contributed by atoms with Crippen molar-refractivity contribution in [3.63, 3.8) is 0 Å². The van der Waals surface area contributed by atoms with Gasteiger partial charge < -0.3 is 10.1 Å². The summed E-state index contributed by atoms with van der Waals surface area (Å²) in [5.74, 6) is -1.94. The van der Waals surface area contributed by atoms with Crippen LogP contribution in [-0.4, -0.2) is 30.0 Å². The number of pyridine rings is 1. The van der Waals surface area contributed by atoms with Gasteiger partial charge in [0.2, 0.25) is 0 Å². The Morgan fingerprint density at radius 3 is 2.62 bits per heavy atom. The predicted octanol–water partition coefficient (Wildman–Crippen LogP) is 2.95. The van der Waals surface area contributed by atoms with Crippen molar-refractivity contribution in [2.45, 2.75) is 44.3 Å². The van der Waals surface area contributed by atoms with E-state index < -0.39 is 41.3 Å². The highest BCUT2D eigenvalue weighted by Gasteiger charge is 2.37. The van der Waals surface area contributed by atoms with E-state index in [-0.39, 0.29) is 0 Å². The van der Waals surface area contributed by atoms with Gasteiger partial charge in [0.25, 0.3) is 5.91 Å². The summed E-state index contributed by atoms with van der Waals surface area (Å²) in [6, 6.07) is 1.38. The molecule has 1 aromatic rings. The second-order valence-corrected chi connectivity index (χ2v) is 5.74. The van der Waals surface area contributed by atoms with Crippen molar-refractivity contribution >= 4 is 11.9 Å². The maximum Gasteiger partial charge on any atom is 0.418 e. The summed E-state index contributed by atoms with van der Waals surface area (Å²) in [4.78, 5) is 27.8. The number of ether oxygens (including phenoxy) is 1. The van der Waals surface area contributed by atoms with Crippen molar-refractivity contribution in [1.82, 2.24) is 10.3 Å². The van der Waals surface area contributed by atoms with Crippen LogP contribution in [0, 0.1) is 5.92 Å². The smallest absolute Gasteiger partial charge is 0.418 e. The van der Waals surface area contributed by atoms with Crippen LogP contribution < -0.4 is 5.32 Å². The normalized spacial score (nSPS) is 21.7. The van der Waals surface area contributed by atoms with Gasteiger partial charge in [0.15, 0.2) is 0 Å². The minimum atomic E-state index is -4.67. The number of alkyl halides is 3. The lowest BCUT2D eigenvalue weighted by Gasteiger charge is -2.24. The standard InChI is InChI=1S/C16H19F3N2O3/c1-24-15(23)10-6-3-2-4-8-12(10)21-14(22)13-11(16(17,18)19)7-5-9-20-13/h5,7,9-10,12H,2-4,6,8H2,1H3,(H,21,22)/t10-,12-/m0/s1. The van der Waals surface area contributed by atoms with Crippen LogP contribution in [0.3, 0.4) is 0 Å². The quantitative estimate of drug-likeness (QED) is 0.676. The van der Waals surface area contributed by atoms with E-state index in [9.17, 15) is 22.8 Å². The largest absolute Gasteiger partial charge is 0.469 e. The first-order chi connectivity index (χ1) is 11.3. The van der Waals surface area contributed by atoms with E-state index in [1.165, 1.54) is 7.11 Å². The summed E-state index contributed by atoms with van der Waals surface area (Å²) in [7, 11) is 1.26. The molecule has 24 heavy (non-hydrogen) atoms. The number of hydrogen-bond acceptors (Lipinski definition) is 4. The lowest BCUT2D eigenvalue weighted by atomic mass is 9.94. The molecule has 1 aromatic heterocycles. The lowest BCUT2D eigenvalue weighted by Crippen LogP contribution is -2.44. The Kier molecular flexibility index (Phi) is 5.80. The van der Waals surface area contributed by atoms with Crippen LogP contribution in [-0.2, 0) is 15.7 Å². The zero-order valence-electron chi connectivity index (χ0n) is 13.2. The number of amides is 1. The highest BCUT2D eigenvalue weighted by Crippen LogP contribution is 2.31. The molecule has 2 atom stereocenters. The second kappa shape index (κ2) is 7.63. The van der Waals surface area contributed by atoms with E-state index in [1.54, 1.807) is 0 Å². The van der Waals surface area contributed by atoms with Gasteiger partial charge in [-0.3, -0.25) is 14.6 Å². The molecule has 5 nitrogen and oxygen atoms in total. The molecule has 0 radical (unpaired) electrons. The summed E-state index contributed by atoms with van der Waals surface area (Å²) in [5, 5.41) is 2.55. The number of esters is 1. The van der Waals surface area contributed by atoms with Gasteiger partial charge >= 0.3 is 12.1 Å². The monoisotopic (exact) mass is 344 g/mol. The topological polar surface area (TPSA) is 68.3 Å². The average molecular weight is 344 g/mol. The zero-order chi connectivity index (χ0) is 17.7. The molecule has 8 heteroatoms. The molecule has 0 aromatic carbocycles. The van der Waals surface area contributed by atoms with Crippen LogP contribution >= 0.6 is 0 Å². The number of methoxy groups -OCH3 is 1. The first-order valence-corrected chi connectivity index (χ1v) is 7.75. The Labute approximate surface area is 137 Å². The van der Waals surface area contributed by atoms with Crippen molar-refractivity contribution in [2.75, 3.05) is 7.11 Å². The van der Waals surface area contributed by atoms with Crippen LogP contribution in [0.15, 0.2) is 18.3 Å². The number of carbonyl (C=O) groups is 2. The molecule has 0 saturated heterocycles. The molecule has 1 heterocycles. The molecular weight excluding hydrogens is 325 g/mol. The van der Waals surface area contributed by atoms with Crippen LogP contribution in [0.1, 0.15) is 48.2 Å². The van der Waals surface area contributed by atoms with Gasteiger partial charge in [-0.25, -0.2) is 0 Å². The third kappa shape index (κ3) is 4.24. The zero-order valence-corrected chi connectivity index (χ0v) is 13.2. The van der Waals surface area contributed by atoms with Gasteiger partial charge in [-0.05, 0) is 25.0 Å². The first-order valence-electron chi connectivity index (χ1n) is 7.75. The number of rotatable bonds is 3. The van der Waals surface area contributed by atoms with Crippen molar-refractivity contribution < 1.29 is 27.5 Å². The Morgan fingerprint density at radius 1 is 1.25 bits per heavy atom. The van der Waals surface area contributed by atoms with Gasteiger partial charge in [-0.2, -0.15) is 13.2 Å². The number of aromatic nitrogens is 1. The van der Waals surface area contributed by atoms with Crippen molar-refractivity contribution in [3.8, 4) is 0 Å². The van der Waals surface area contributed by atoms with Gasteiger partial charge in [-0.15, -0.1) is 0 Å². The van der Waals surface area contributed by atoms with E-state index in [0.717, 1.165) is 37.6 Å². The third-order valence-electron chi connectivity index (χ3n) is 4.16. The minimum absolute atomic E-state index is 0.459. The number of hydrogen-bond donors (Lipinski definition) is 1. The summed E-state index contributed by atoms with van der Waals surface area (Å²) in [5.41, 5.74) is -1.77. The molecule has 2 rings (SSSR count). The van der Waals surface area contributed by atoms with E-state index in [4.69, 9.17) is 4.74 Å². The maximum absolute atomic E-state index is 13.0. The molecule has 1 fully saturated rings. The molecule has 1 N–H and O–H groups in total. The Morgan fingerprint density at radius 2 is 1.96 bits per heavy atom. The number of carbonyl (C=O) groups excluding carboxylic acids is 2. The summed E-state index contributed by atoms with van der Waals surface area (Å²) >= 11 is 0. The lowest BCUT2D eigenvalue weighted by molar-refractivity contribution is -0.146. The summed E-state index contributed by atoms with van der Waals surface area (Å²) < 4.78 is 43.8. The van der Waals surface area contributed by atoms with Gasteiger partial charge in [0, 0.05) is 12.2 Å². The molecule has 0 spiro atoms. The molecule has 1 aliphatic rings. The summed E-state index contributed by atoms with van der Waals surface area (Å²) in [6.45, 7) is 0. The fourth-order valence-corrected chi connectivity index (χ4v) is 2.97. The molecule has 1 saturated carbocycles. The Bertz CT molecular complexity index is 604. The van der Waals surface area contributed by atoms with E-state index >= 15 is 0 Å². The highest BCUT2D eigenvalue weighted by atomic mass is 19.4. The number of nitrogens with one attached hydrogen (secondary N) is 1. The van der Waals surface area contributed by atoms with Crippen molar-refractivity contribution in [2.24, 2.45) is 5.92 Å². The van der Waals surface area contributed by atoms with E-state index in [1.807, 2.05) is 0 Å². The number of halogens is 3. The number of nitrogens with zero attached hydrogens (tertiary/aromatic N) is 1. The van der Waals surface area contributed by atoms with Crippen LogP contribution in [0.4, 0.5) is 13.2 Å². The van der Waals surface area contributed by atoms with Crippen molar-refractivity contribution in [1.29, 1.82) is 0 Å². The molecule has 0 bridgehead atoms. The molecule has 0 unspecified atom stereocenters. The minimum Gasteiger partial charge on any atom is -0.469 e. The SMILES string of the molecule is COC(=O)[C@H]1CCCCC[C@@H]1NC(=O)c1ncccc1C(F)(F)F. The van der Waals surface area contributed by atoms with Gasteiger partial charge in [-0.1, -0.05) is 19.3 Å². The Hall–Kier alpha value is -2.12. The summed E-state index contributed by atoms with van der Waals surface area (Å²) in [6.07, 6.45) is 0.000393. The highest BCUT2D eigenvalue weighted by molar-refractivity contribution is 5.94. The van der Waals surface area contributed by atoms with Gasteiger partial charge in [0.1, 0.15) is 5.69 Å². The molecule has 1 aliphatic carbocycles. The fourth-order valence-electron chi connectivity index (χ4n) is 2.97. The predicted molar refractivity (Wildman–Crippen MR) is 79.1 cm³/mol. The van der Waals surface area contributed by atoms with E-state index in [0.29, 0.717) is 12.8 Å². The van der Waals surface area contributed by atoms with Gasteiger partial charge in [0.05, 0.1) is 18.6 Å². The molecule has 0 aliphatic heterocycles. The molecule has 1 amide bonds. The second-order valence-electron chi connectivity index (χ2n) is 5.74.